The van der Waals surface area contributed by atoms with Gasteiger partial charge in [-0.15, -0.1) is 0 Å². The first-order valence-corrected chi connectivity index (χ1v) is 39.8. The van der Waals surface area contributed by atoms with Gasteiger partial charge in [0, 0.05) is 47.2 Å². The number of carbonyl (C=O) groups is 9. The normalized spacial score (nSPS) is 26.5. The molecule has 8 aliphatic heterocycles. The fourth-order valence-electron chi connectivity index (χ4n) is 15.2. The number of aliphatic hydroxyl groups is 7. The van der Waals surface area contributed by atoms with Crippen LogP contribution in [0.25, 0.3) is 11.1 Å². The predicted octanol–water partition coefficient (Wildman–Crippen LogP) is 4.33. The van der Waals surface area contributed by atoms with Crippen LogP contribution < -0.4 is 66.2 Å². The lowest BCUT2D eigenvalue weighted by atomic mass is 9.89. The molecule has 648 valence electrons. The number of carboxylic acids is 2. The molecule has 17 bridgehead atoms. The van der Waals surface area contributed by atoms with Gasteiger partial charge in [0.1, 0.15) is 125 Å². The van der Waals surface area contributed by atoms with Crippen LogP contribution in [0, 0.1) is 0 Å². The van der Waals surface area contributed by atoms with Gasteiger partial charge in [-0.25, -0.2) is 9.59 Å². The molecule has 122 heavy (non-hydrogen) atoms. The number of carboxylic acid groups (broad SMARTS) is 2. The second-order valence-electron chi connectivity index (χ2n) is 30.1. The summed E-state index contributed by atoms with van der Waals surface area (Å²) in [5.74, 6) is -19.5. The Morgan fingerprint density at radius 1 is 0.516 bits per heavy atom. The number of halogens is 2. The van der Waals surface area contributed by atoms with E-state index in [4.69, 9.17) is 56.4 Å². The molecule has 0 aromatic heterocycles. The van der Waals surface area contributed by atoms with Gasteiger partial charge in [0.25, 0.3) is 0 Å². The largest absolute Gasteiger partial charge is 0.508 e. The summed E-state index contributed by atoms with van der Waals surface area (Å²) >= 11 is 14.2. The maximum absolute atomic E-state index is 16.7. The summed E-state index contributed by atoms with van der Waals surface area (Å²) in [5.41, 5.74) is -3.28. The number of phenolic OH excluding ortho intramolecular Hbond substituents is 4. The number of unbranched alkanes of at least 4 members (excludes halogenated alkanes) is 8. The maximum Gasteiger partial charge on any atom is 0.335 e. The zero-order valence-corrected chi connectivity index (χ0v) is 66.5. The van der Waals surface area contributed by atoms with Gasteiger partial charge in [-0.1, -0.05) is 112 Å². The summed E-state index contributed by atoms with van der Waals surface area (Å²) in [6.07, 6.45) is -14.1. The van der Waals surface area contributed by atoms with Gasteiger partial charge in [0.2, 0.25) is 59.7 Å². The Hall–Kier alpha value is -11.8. The smallest absolute Gasteiger partial charge is 0.335 e. The highest BCUT2D eigenvalue weighted by molar-refractivity contribution is 6.33. The molecular formula is C83H88Cl2N8O29. The Kier molecular flexibility index (Phi) is 27.1. The van der Waals surface area contributed by atoms with Gasteiger partial charge in [0.05, 0.1) is 16.7 Å². The van der Waals surface area contributed by atoms with E-state index in [1.807, 2.05) is 0 Å². The zero-order chi connectivity index (χ0) is 87.4. The molecule has 8 heterocycles. The molecule has 18 atom stereocenters. The number of aromatic hydroxyl groups is 4. The fraction of sp³-hybridized carbons (Fsp3) is 0.386. The Bertz CT molecular complexity index is 5180. The molecule has 37 nitrogen and oxygen atoms in total. The van der Waals surface area contributed by atoms with Crippen LogP contribution in [0.4, 0.5) is 0 Å². The third-order valence-corrected chi connectivity index (χ3v) is 22.4. The topological polar surface area (TPSA) is 577 Å². The number of likely N-dealkylation sites (N-methyl/N-ethyl adjacent to an activating group) is 1. The highest BCUT2D eigenvalue weighted by atomic mass is 35.5. The van der Waals surface area contributed by atoms with Crippen LogP contribution in [0.15, 0.2) is 115 Å². The Morgan fingerprint density at radius 3 is 1.83 bits per heavy atom. The number of phenols is 4. The molecule has 7 amide bonds. The Labute approximate surface area is 703 Å². The van der Waals surface area contributed by atoms with Crippen LogP contribution >= 0.6 is 23.2 Å². The highest BCUT2D eigenvalue weighted by Gasteiger charge is 2.52. The standard InChI is InChI=1S/C83H88Cl2N8O29/c1-3-4-5-6-7-8-9-10-11-12-56(99)88-65-68(102)70(104)73(81(114)115)122-82(65)121-72-53-27-38-28-54(72)118-50-22-17-37(25-45(50)84)66(100)64-79(111)92-63(80(112)113)43-29-39(95)30-52(119-83-71(105)69(103)67(101)55(33-94)120-83)57(43)42-24-35(15-20-47(42)96)60(76(108)93-64)89-77(109)61(38)90-78(110)62-44-31-41(32-49(98)58(44)85)117-51-26-36(16-21-48(51)97)59(86-2)75(107)87-46(74(106)91-62)23-34-13-18-40(116-53)19-14-34/h13-22,24-32,46,55,59-71,73,82-83,86,94-98,100-105H,3-12,23,33H2,1-2H3,(H,87,107)(H,88,99)(H,89,109)(H,90,110)(H,91,106)(H,92,111)(H,93,108)(H,112,113)(H,114,115)/t46-,55-,59?,60-,61-,62+,63+,64+,65-,66-,67-,68-,69+,70+,71+,73+,82-,83+/m1/s1. The molecule has 39 heteroatoms. The molecule has 0 aliphatic carbocycles. The lowest BCUT2D eigenvalue weighted by Gasteiger charge is -2.41. The van der Waals surface area contributed by atoms with Crippen LogP contribution in [0.3, 0.4) is 0 Å². The molecule has 2 fully saturated rings. The predicted molar refractivity (Wildman–Crippen MR) is 424 cm³/mol. The summed E-state index contributed by atoms with van der Waals surface area (Å²) in [6.45, 7) is 1.12. The van der Waals surface area contributed by atoms with Crippen LogP contribution in [-0.4, -0.2) is 207 Å². The minimum absolute atomic E-state index is 0.149. The van der Waals surface area contributed by atoms with Crippen LogP contribution in [0.5, 0.6) is 69.0 Å². The zero-order valence-electron chi connectivity index (χ0n) is 64.9. The first kappa shape index (κ1) is 88.0. The number of hydrogen-bond donors (Lipinski definition) is 21. The number of aliphatic carboxylic acids is 2. The number of aliphatic hydroxyl groups excluding tert-OH is 7. The minimum Gasteiger partial charge on any atom is -0.508 e. The van der Waals surface area contributed by atoms with Crippen LogP contribution in [0.1, 0.15) is 146 Å². The Balaban J connectivity index is 1.04. The quantitative estimate of drug-likeness (QED) is 0.0501. The average molecular weight is 1730 g/mol. The van der Waals surface area contributed by atoms with Crippen molar-refractivity contribution in [3.05, 3.63) is 164 Å². The van der Waals surface area contributed by atoms with Gasteiger partial charge in [-0.3, -0.25) is 33.6 Å². The molecule has 0 saturated carbocycles. The number of rotatable bonds is 19. The fourth-order valence-corrected chi connectivity index (χ4v) is 15.7. The van der Waals surface area contributed by atoms with Crippen molar-refractivity contribution in [2.45, 2.75) is 187 Å². The van der Waals surface area contributed by atoms with Crippen molar-refractivity contribution in [3.8, 4) is 80.1 Å². The number of amides is 7. The summed E-state index contributed by atoms with van der Waals surface area (Å²) in [6, 6.07) is 4.43. The van der Waals surface area contributed by atoms with Gasteiger partial charge in [0.15, 0.2) is 35.1 Å². The van der Waals surface area contributed by atoms with E-state index in [1.165, 1.54) is 49.5 Å². The van der Waals surface area contributed by atoms with E-state index in [9.17, 15) is 85.6 Å². The van der Waals surface area contributed by atoms with Crippen molar-refractivity contribution >= 4 is 76.5 Å². The van der Waals surface area contributed by atoms with Gasteiger partial charge in [-0.2, -0.15) is 0 Å². The van der Waals surface area contributed by atoms with E-state index in [1.54, 1.807) is 0 Å². The highest BCUT2D eigenvalue weighted by Crippen LogP contribution is 2.50. The van der Waals surface area contributed by atoms with Gasteiger partial charge in [-0.05, 0) is 114 Å². The molecule has 8 aliphatic rings. The number of hydrogen-bond acceptors (Lipinski definition) is 28. The van der Waals surface area contributed by atoms with E-state index in [0.717, 1.165) is 118 Å². The molecule has 21 N–H and O–H groups in total. The number of fused-ring (bicyclic) bond motifs is 14. The second kappa shape index (κ2) is 37.6. The van der Waals surface area contributed by atoms with Crippen molar-refractivity contribution in [1.82, 2.24) is 42.5 Å². The first-order chi connectivity index (χ1) is 58.3. The Morgan fingerprint density at radius 2 is 1.15 bits per heavy atom. The van der Waals surface area contributed by atoms with E-state index in [0.29, 0.717) is 12.8 Å². The van der Waals surface area contributed by atoms with E-state index in [2.05, 4.69) is 49.5 Å². The van der Waals surface area contributed by atoms with Crippen molar-refractivity contribution in [2.75, 3.05) is 13.7 Å². The molecule has 15 rings (SSSR count). The van der Waals surface area contributed by atoms with Crippen molar-refractivity contribution in [1.29, 1.82) is 0 Å². The van der Waals surface area contributed by atoms with Crippen LogP contribution in [0.2, 0.25) is 10.0 Å². The molecule has 7 aromatic carbocycles. The molecule has 1 unspecified atom stereocenters. The molecule has 2 saturated heterocycles. The summed E-state index contributed by atoms with van der Waals surface area (Å²) < 4.78 is 44.0. The van der Waals surface area contributed by atoms with E-state index >= 15 is 24.0 Å². The monoisotopic (exact) mass is 1730 g/mol. The number of carbonyl (C=O) groups excluding carboxylic acids is 7. The molecular weight excluding hydrogens is 1640 g/mol. The first-order valence-electron chi connectivity index (χ1n) is 39.1. The summed E-state index contributed by atoms with van der Waals surface area (Å²) in [5, 5.41) is 167. The summed E-state index contributed by atoms with van der Waals surface area (Å²) in [4.78, 5) is 136. The maximum atomic E-state index is 16.7. The molecule has 0 radical (unpaired) electrons. The lowest BCUT2D eigenvalue weighted by Crippen LogP contribution is -2.66. The minimum atomic E-state index is -2.47. The van der Waals surface area contributed by atoms with Gasteiger partial charge >= 0.3 is 11.9 Å². The number of nitrogens with one attached hydrogen (secondary N) is 8. The van der Waals surface area contributed by atoms with E-state index in [-0.39, 0.29) is 40.4 Å². The third-order valence-electron chi connectivity index (χ3n) is 21.7. The van der Waals surface area contributed by atoms with E-state index < -0.39 is 271 Å². The number of benzene rings is 7. The second-order valence-corrected chi connectivity index (χ2v) is 30.9. The summed E-state index contributed by atoms with van der Waals surface area (Å²) in [7, 11) is 1.42. The van der Waals surface area contributed by atoms with Crippen molar-refractivity contribution in [3.63, 3.8) is 0 Å². The average Bonchev–Trinajstić information content (AvgIpc) is 0.760. The third kappa shape index (κ3) is 18.9. The number of ether oxygens (including phenoxy) is 7. The van der Waals surface area contributed by atoms with Crippen LogP contribution in [-0.2, 0) is 59.0 Å². The lowest BCUT2D eigenvalue weighted by molar-refractivity contribution is -0.277. The van der Waals surface area contributed by atoms with Crippen molar-refractivity contribution < 1.29 is 143 Å². The molecule has 0 spiro atoms. The SMILES string of the molecule is CCCCCCCCCCCC(=O)N[C@H]1[C@H](Oc2c3cc4cc2Oc2ccc(cc2Cl)[C@@H](O)[C@@H]2NC(=O)[C@H](NC(=O)[C@@H]4NC(=O)[C@H]4NC(=O)[C@@H](Cc5ccc(cc5)O3)NC(=O)C(NC)c3ccc(O)c(c3)Oc3cc(O)c(Cl)c4c3)c3ccc(O)c(c3)-c3c(O[C@H]4O[C@H](CO)[C@@H](O)[C@H](O)[C@@H]4O)cc(O)cc3[C@@H](C(=O)O)NC2=O)O[C@H](C(=O)O)[C@@H](O)[C@@H]1O. The van der Waals surface area contributed by atoms with Gasteiger partial charge < -0.3 is 142 Å². The molecule has 7 aromatic rings. The van der Waals surface area contributed by atoms with Crippen molar-refractivity contribution in [2.24, 2.45) is 0 Å².